The molecule has 1 amide bonds. The van der Waals surface area contributed by atoms with Crippen molar-refractivity contribution in [1.82, 2.24) is 5.32 Å². The van der Waals surface area contributed by atoms with E-state index in [4.69, 9.17) is 10.8 Å². The van der Waals surface area contributed by atoms with Crippen molar-refractivity contribution in [3.8, 4) is 5.75 Å². The van der Waals surface area contributed by atoms with Crippen molar-refractivity contribution in [2.75, 3.05) is 12.3 Å². The summed E-state index contributed by atoms with van der Waals surface area (Å²) >= 11 is 0. The second-order valence-corrected chi connectivity index (χ2v) is 4.37. The first-order valence-electron chi connectivity index (χ1n) is 6.18. The van der Waals surface area contributed by atoms with E-state index in [1.165, 1.54) is 18.2 Å². The number of amides is 1. The highest BCUT2D eigenvalue weighted by molar-refractivity contribution is 5.99. The first kappa shape index (κ1) is 13.9. The van der Waals surface area contributed by atoms with Gasteiger partial charge in [-0.1, -0.05) is 18.2 Å². The van der Waals surface area contributed by atoms with E-state index in [1.807, 2.05) is 0 Å². The van der Waals surface area contributed by atoms with Crippen LogP contribution in [0.1, 0.15) is 15.9 Å². The quantitative estimate of drug-likeness (QED) is 0.747. The largest absolute Gasteiger partial charge is 0.508 e. The van der Waals surface area contributed by atoms with Gasteiger partial charge in [0.25, 0.3) is 5.91 Å². The monoisotopic (exact) mass is 274 g/mol. The van der Waals surface area contributed by atoms with Crippen LogP contribution in [0.3, 0.4) is 0 Å². The number of anilines is 1. The van der Waals surface area contributed by atoms with Gasteiger partial charge in [-0.15, -0.1) is 0 Å². The molecule has 2 aromatic carbocycles. The molecule has 5 heteroatoms. The summed E-state index contributed by atoms with van der Waals surface area (Å²) in [6, 6.07) is 10.9. The molecule has 0 heterocycles. The third kappa shape index (κ3) is 3.26. The number of hydrogen-bond donors (Lipinski definition) is 3. The Bertz CT molecular complexity index is 612. The Hall–Kier alpha value is -2.56. The van der Waals surface area contributed by atoms with Crippen LogP contribution in [0.2, 0.25) is 0 Å². The van der Waals surface area contributed by atoms with Gasteiger partial charge in [-0.05, 0) is 36.2 Å². The van der Waals surface area contributed by atoms with Gasteiger partial charge in [0.1, 0.15) is 11.6 Å². The summed E-state index contributed by atoms with van der Waals surface area (Å²) in [6.07, 6.45) is 0.612. The fourth-order valence-corrected chi connectivity index (χ4v) is 1.81. The number of nitrogens with two attached hydrogens (primary N) is 1. The van der Waals surface area contributed by atoms with Gasteiger partial charge in [-0.3, -0.25) is 4.79 Å². The number of rotatable bonds is 4. The standard InChI is InChI=1S/C15H15FN2O2/c16-13-3-1-2-12(14(13)17)15(20)18-9-8-10-4-6-11(19)7-5-10/h1-7,19H,8-9,17H2,(H,18,20). The van der Waals surface area contributed by atoms with Gasteiger partial charge < -0.3 is 16.2 Å². The molecule has 0 saturated heterocycles. The Morgan fingerprint density at radius 2 is 1.90 bits per heavy atom. The number of para-hydroxylation sites is 1. The van der Waals surface area contributed by atoms with Crippen LogP contribution in [-0.2, 0) is 6.42 Å². The number of aromatic hydroxyl groups is 1. The summed E-state index contributed by atoms with van der Waals surface area (Å²) in [6.45, 7) is 0.402. The molecule has 0 saturated carbocycles. The zero-order chi connectivity index (χ0) is 14.5. The summed E-state index contributed by atoms with van der Waals surface area (Å²) in [5.74, 6) is -0.803. The van der Waals surface area contributed by atoms with E-state index >= 15 is 0 Å². The summed E-state index contributed by atoms with van der Waals surface area (Å²) in [7, 11) is 0. The predicted molar refractivity (Wildman–Crippen MR) is 75.0 cm³/mol. The lowest BCUT2D eigenvalue weighted by Gasteiger charge is -2.08. The van der Waals surface area contributed by atoms with Crippen molar-refractivity contribution >= 4 is 11.6 Å². The molecule has 0 radical (unpaired) electrons. The molecule has 0 aliphatic heterocycles. The molecule has 0 unspecified atom stereocenters. The van der Waals surface area contributed by atoms with Gasteiger partial charge in [-0.2, -0.15) is 0 Å². The molecule has 4 N–H and O–H groups in total. The number of phenolic OH excluding ortho intramolecular Hbond substituents is 1. The molecular weight excluding hydrogens is 259 g/mol. The van der Waals surface area contributed by atoms with Crippen molar-refractivity contribution in [1.29, 1.82) is 0 Å². The number of halogens is 1. The van der Waals surface area contributed by atoms with Crippen LogP contribution in [0.5, 0.6) is 5.75 Å². The van der Waals surface area contributed by atoms with Gasteiger partial charge in [0.05, 0.1) is 11.3 Å². The topological polar surface area (TPSA) is 75.4 Å². The van der Waals surface area contributed by atoms with E-state index in [1.54, 1.807) is 24.3 Å². The van der Waals surface area contributed by atoms with Crippen molar-refractivity contribution in [2.45, 2.75) is 6.42 Å². The minimum absolute atomic E-state index is 0.135. The molecule has 0 bridgehead atoms. The second kappa shape index (κ2) is 6.06. The maximum atomic E-state index is 13.2. The number of hydrogen-bond acceptors (Lipinski definition) is 3. The lowest BCUT2D eigenvalue weighted by Crippen LogP contribution is -2.26. The van der Waals surface area contributed by atoms with E-state index in [0.29, 0.717) is 13.0 Å². The Morgan fingerprint density at radius 3 is 2.60 bits per heavy atom. The molecule has 104 valence electrons. The van der Waals surface area contributed by atoms with Crippen LogP contribution in [0.4, 0.5) is 10.1 Å². The molecule has 0 fully saturated rings. The molecule has 4 nitrogen and oxygen atoms in total. The number of carbonyl (C=O) groups is 1. The molecule has 20 heavy (non-hydrogen) atoms. The Balaban J connectivity index is 1.92. The van der Waals surface area contributed by atoms with Gasteiger partial charge in [-0.25, -0.2) is 4.39 Å². The first-order valence-corrected chi connectivity index (χ1v) is 6.18. The van der Waals surface area contributed by atoms with Crippen molar-refractivity contribution in [3.05, 3.63) is 59.4 Å². The predicted octanol–water partition coefficient (Wildman–Crippen LogP) is 2.09. The molecule has 2 aromatic rings. The van der Waals surface area contributed by atoms with Gasteiger partial charge in [0.15, 0.2) is 0 Å². The maximum Gasteiger partial charge on any atom is 0.253 e. The van der Waals surface area contributed by atoms with Crippen LogP contribution < -0.4 is 11.1 Å². The summed E-state index contributed by atoms with van der Waals surface area (Å²) < 4.78 is 13.2. The minimum Gasteiger partial charge on any atom is -0.508 e. The van der Waals surface area contributed by atoms with Crippen molar-refractivity contribution < 1.29 is 14.3 Å². The summed E-state index contributed by atoms with van der Waals surface area (Å²) in [4.78, 5) is 11.9. The van der Waals surface area contributed by atoms with Crippen molar-refractivity contribution in [3.63, 3.8) is 0 Å². The average molecular weight is 274 g/mol. The van der Waals surface area contributed by atoms with E-state index in [-0.39, 0.29) is 17.0 Å². The van der Waals surface area contributed by atoms with Gasteiger partial charge in [0.2, 0.25) is 0 Å². The van der Waals surface area contributed by atoms with Crippen molar-refractivity contribution in [2.24, 2.45) is 0 Å². The SMILES string of the molecule is Nc1c(F)cccc1C(=O)NCCc1ccc(O)cc1. The van der Waals surface area contributed by atoms with Crippen LogP contribution in [0, 0.1) is 5.82 Å². The Kier molecular flexibility index (Phi) is 4.20. The zero-order valence-corrected chi connectivity index (χ0v) is 10.8. The Morgan fingerprint density at radius 1 is 1.20 bits per heavy atom. The zero-order valence-electron chi connectivity index (χ0n) is 10.8. The molecule has 0 aliphatic rings. The van der Waals surface area contributed by atoms with Crippen LogP contribution in [0.15, 0.2) is 42.5 Å². The first-order chi connectivity index (χ1) is 9.58. The smallest absolute Gasteiger partial charge is 0.253 e. The number of carbonyl (C=O) groups excluding carboxylic acids is 1. The normalized spacial score (nSPS) is 10.2. The number of nitrogens with one attached hydrogen (secondary N) is 1. The third-order valence-corrected chi connectivity index (χ3v) is 2.93. The summed E-state index contributed by atoms with van der Waals surface area (Å²) in [5, 5.41) is 11.8. The molecule has 0 aliphatic carbocycles. The van der Waals surface area contributed by atoms with E-state index in [9.17, 15) is 9.18 Å². The number of nitrogen functional groups attached to an aromatic ring is 1. The molecule has 0 aromatic heterocycles. The average Bonchev–Trinajstić information content (AvgIpc) is 2.44. The highest BCUT2D eigenvalue weighted by Gasteiger charge is 2.11. The summed E-state index contributed by atoms with van der Waals surface area (Å²) in [5.41, 5.74) is 6.49. The molecule has 2 rings (SSSR count). The minimum atomic E-state index is -0.601. The van der Waals surface area contributed by atoms with Crippen LogP contribution in [0.25, 0.3) is 0 Å². The van der Waals surface area contributed by atoms with Gasteiger partial charge >= 0.3 is 0 Å². The lowest BCUT2D eigenvalue weighted by molar-refractivity contribution is 0.0954. The third-order valence-electron chi connectivity index (χ3n) is 2.93. The van der Waals surface area contributed by atoms with E-state index < -0.39 is 11.7 Å². The fraction of sp³-hybridized carbons (Fsp3) is 0.133. The highest BCUT2D eigenvalue weighted by atomic mass is 19.1. The Labute approximate surface area is 116 Å². The molecular formula is C15H15FN2O2. The van der Waals surface area contributed by atoms with E-state index in [2.05, 4.69) is 5.32 Å². The fourth-order valence-electron chi connectivity index (χ4n) is 1.81. The molecule has 0 spiro atoms. The second-order valence-electron chi connectivity index (χ2n) is 4.37. The molecule has 0 atom stereocenters. The van der Waals surface area contributed by atoms with Crippen LogP contribution >= 0.6 is 0 Å². The highest BCUT2D eigenvalue weighted by Crippen LogP contribution is 2.15. The number of phenols is 1. The van der Waals surface area contributed by atoms with E-state index in [0.717, 1.165) is 5.56 Å². The lowest BCUT2D eigenvalue weighted by atomic mass is 10.1. The maximum absolute atomic E-state index is 13.2. The van der Waals surface area contributed by atoms with Crippen LogP contribution in [-0.4, -0.2) is 17.6 Å². The van der Waals surface area contributed by atoms with Gasteiger partial charge in [0, 0.05) is 6.54 Å². The number of benzene rings is 2.